The zero-order chi connectivity index (χ0) is 12.7. The topological polar surface area (TPSA) is 58.6 Å². The molecule has 100 valence electrons. The van der Waals surface area contributed by atoms with Crippen molar-refractivity contribution in [1.29, 1.82) is 0 Å². The van der Waals surface area contributed by atoms with Crippen molar-refractivity contribution in [1.82, 2.24) is 10.2 Å². The van der Waals surface area contributed by atoms with E-state index in [4.69, 9.17) is 4.74 Å². The lowest BCUT2D eigenvalue weighted by Gasteiger charge is -2.18. The Hall–Kier alpha value is -0.940. The second kappa shape index (κ2) is 4.63. The molecule has 0 aromatic heterocycles. The lowest BCUT2D eigenvalue weighted by atomic mass is 10.2. The van der Waals surface area contributed by atoms with Gasteiger partial charge in [0.1, 0.15) is 0 Å². The number of carbonyl (C=O) groups is 2. The highest BCUT2D eigenvalue weighted by atomic mass is 16.5. The van der Waals surface area contributed by atoms with Crippen LogP contribution in [0.2, 0.25) is 0 Å². The average Bonchev–Trinajstić information content (AvgIpc) is 3.00. The fraction of sp³-hybridized carbons (Fsp3) is 0.846. The second-order valence-electron chi connectivity index (χ2n) is 5.62. The number of nitrogens with zero attached hydrogens (tertiary/aromatic N) is 1. The molecule has 3 aliphatic rings. The Bertz CT molecular complexity index is 367. The third kappa shape index (κ3) is 2.17. The fourth-order valence-electron chi connectivity index (χ4n) is 3.09. The molecule has 3 unspecified atom stereocenters. The van der Waals surface area contributed by atoms with Gasteiger partial charge in [-0.2, -0.15) is 0 Å². The maximum atomic E-state index is 12.1. The molecule has 2 amide bonds. The molecular weight excluding hydrogens is 232 g/mol. The molecule has 3 fully saturated rings. The van der Waals surface area contributed by atoms with Gasteiger partial charge in [0.25, 0.3) is 0 Å². The molecule has 0 bridgehead atoms. The summed E-state index contributed by atoms with van der Waals surface area (Å²) < 4.78 is 5.32. The molecule has 5 heteroatoms. The predicted octanol–water partition coefficient (Wildman–Crippen LogP) is 0.433. The first-order valence-electron chi connectivity index (χ1n) is 6.83. The van der Waals surface area contributed by atoms with Crippen molar-refractivity contribution in [3.63, 3.8) is 0 Å². The molecule has 3 rings (SSSR count). The van der Waals surface area contributed by atoms with Crippen LogP contribution < -0.4 is 5.32 Å². The van der Waals surface area contributed by atoms with Gasteiger partial charge < -0.3 is 10.1 Å². The predicted molar refractivity (Wildman–Crippen MR) is 64.9 cm³/mol. The Labute approximate surface area is 107 Å². The first kappa shape index (κ1) is 12.1. The molecule has 0 aromatic carbocycles. The summed E-state index contributed by atoms with van der Waals surface area (Å²) in [6.07, 6.45) is 5.62. The Morgan fingerprint density at radius 1 is 1.22 bits per heavy atom. The van der Waals surface area contributed by atoms with Gasteiger partial charge >= 0.3 is 0 Å². The van der Waals surface area contributed by atoms with Crippen LogP contribution in [-0.4, -0.2) is 48.1 Å². The molecule has 1 N–H and O–H groups in total. The van der Waals surface area contributed by atoms with Crippen LogP contribution in [0.15, 0.2) is 0 Å². The fourth-order valence-corrected chi connectivity index (χ4v) is 3.09. The Kier molecular flexibility index (Phi) is 3.11. The van der Waals surface area contributed by atoms with E-state index in [-0.39, 0.29) is 23.9 Å². The van der Waals surface area contributed by atoms with E-state index in [1.54, 1.807) is 7.11 Å². The van der Waals surface area contributed by atoms with E-state index in [1.165, 1.54) is 4.90 Å². The number of hydrogen-bond donors (Lipinski definition) is 1. The van der Waals surface area contributed by atoms with Crippen molar-refractivity contribution in [2.24, 2.45) is 0 Å². The van der Waals surface area contributed by atoms with Crippen LogP contribution in [-0.2, 0) is 14.3 Å². The second-order valence-corrected chi connectivity index (χ2v) is 5.62. The highest BCUT2D eigenvalue weighted by Crippen LogP contribution is 2.32. The van der Waals surface area contributed by atoms with Crippen molar-refractivity contribution >= 4 is 11.8 Å². The van der Waals surface area contributed by atoms with E-state index in [1.807, 2.05) is 0 Å². The Morgan fingerprint density at radius 3 is 2.61 bits per heavy atom. The van der Waals surface area contributed by atoms with E-state index >= 15 is 0 Å². The van der Waals surface area contributed by atoms with Crippen LogP contribution in [0.25, 0.3) is 0 Å². The average molecular weight is 252 g/mol. The van der Waals surface area contributed by atoms with Crippen LogP contribution in [0, 0.1) is 0 Å². The first-order chi connectivity index (χ1) is 8.69. The van der Waals surface area contributed by atoms with Crippen molar-refractivity contribution in [3.8, 4) is 0 Å². The third-order valence-electron chi connectivity index (χ3n) is 4.25. The largest absolute Gasteiger partial charge is 0.381 e. The highest BCUT2D eigenvalue weighted by molar-refractivity contribution is 6.06. The first-order valence-corrected chi connectivity index (χ1v) is 6.83. The molecule has 2 aliphatic carbocycles. The monoisotopic (exact) mass is 252 g/mol. The van der Waals surface area contributed by atoms with Gasteiger partial charge in [0, 0.05) is 19.2 Å². The lowest BCUT2D eigenvalue weighted by molar-refractivity contribution is -0.139. The van der Waals surface area contributed by atoms with E-state index in [2.05, 4.69) is 5.32 Å². The molecule has 3 atom stereocenters. The molecule has 0 aromatic rings. The zero-order valence-corrected chi connectivity index (χ0v) is 10.7. The number of likely N-dealkylation sites (tertiary alicyclic amines) is 1. The number of methoxy groups -OCH3 is 1. The summed E-state index contributed by atoms with van der Waals surface area (Å²) in [6.45, 7) is 0. The van der Waals surface area contributed by atoms with Crippen molar-refractivity contribution in [2.75, 3.05) is 7.11 Å². The van der Waals surface area contributed by atoms with Gasteiger partial charge in [-0.25, -0.2) is 0 Å². The highest BCUT2D eigenvalue weighted by Gasteiger charge is 2.46. The summed E-state index contributed by atoms with van der Waals surface area (Å²) >= 11 is 0. The van der Waals surface area contributed by atoms with Gasteiger partial charge in [0.05, 0.1) is 18.6 Å². The van der Waals surface area contributed by atoms with Gasteiger partial charge in [-0.15, -0.1) is 0 Å². The number of rotatable bonds is 4. The van der Waals surface area contributed by atoms with Gasteiger partial charge in [0.15, 0.2) is 0 Å². The summed E-state index contributed by atoms with van der Waals surface area (Å²) in [6, 6.07) is 0.224. The standard InChI is InChI=1S/C13H20N2O3/c1-18-10-5-2-8(6-10)14-11-7-12(16)15(13(11)17)9-3-4-9/h8-11,14H,2-7H2,1H3. The van der Waals surface area contributed by atoms with Gasteiger partial charge in [0.2, 0.25) is 11.8 Å². The van der Waals surface area contributed by atoms with Crippen LogP contribution in [0.3, 0.4) is 0 Å². The lowest BCUT2D eigenvalue weighted by Crippen LogP contribution is -2.43. The van der Waals surface area contributed by atoms with Crippen molar-refractivity contribution in [2.45, 2.75) is 62.8 Å². The molecule has 2 saturated carbocycles. The molecule has 0 spiro atoms. The minimum atomic E-state index is -0.293. The van der Waals surface area contributed by atoms with E-state index < -0.39 is 0 Å². The van der Waals surface area contributed by atoms with E-state index in [0.29, 0.717) is 18.6 Å². The van der Waals surface area contributed by atoms with Gasteiger partial charge in [-0.1, -0.05) is 0 Å². The molecule has 1 saturated heterocycles. The number of carbonyl (C=O) groups excluding carboxylic acids is 2. The summed E-state index contributed by atoms with van der Waals surface area (Å²) in [5.41, 5.74) is 0. The maximum Gasteiger partial charge on any atom is 0.247 e. The quantitative estimate of drug-likeness (QED) is 0.737. The minimum Gasteiger partial charge on any atom is -0.381 e. The summed E-state index contributed by atoms with van der Waals surface area (Å²) in [7, 11) is 1.73. The Balaban J connectivity index is 1.57. The number of amides is 2. The van der Waals surface area contributed by atoms with Gasteiger partial charge in [-0.05, 0) is 32.1 Å². The molecule has 5 nitrogen and oxygen atoms in total. The Morgan fingerprint density at radius 2 is 2.00 bits per heavy atom. The van der Waals surface area contributed by atoms with Crippen LogP contribution in [0.4, 0.5) is 0 Å². The molecular formula is C13H20N2O3. The van der Waals surface area contributed by atoms with Crippen LogP contribution >= 0.6 is 0 Å². The number of imide groups is 1. The molecule has 0 radical (unpaired) electrons. The molecule has 1 heterocycles. The van der Waals surface area contributed by atoms with Gasteiger partial charge in [-0.3, -0.25) is 14.5 Å². The summed E-state index contributed by atoms with van der Waals surface area (Å²) in [5, 5.41) is 3.34. The number of nitrogens with one attached hydrogen (secondary N) is 1. The smallest absolute Gasteiger partial charge is 0.247 e. The number of ether oxygens (including phenoxy) is 1. The van der Waals surface area contributed by atoms with Crippen molar-refractivity contribution in [3.05, 3.63) is 0 Å². The van der Waals surface area contributed by atoms with E-state index in [9.17, 15) is 9.59 Å². The summed E-state index contributed by atoms with van der Waals surface area (Å²) in [4.78, 5) is 25.4. The number of hydrogen-bond acceptors (Lipinski definition) is 4. The summed E-state index contributed by atoms with van der Waals surface area (Å²) in [5.74, 6) is -0.00958. The zero-order valence-electron chi connectivity index (χ0n) is 10.7. The van der Waals surface area contributed by atoms with E-state index in [0.717, 1.165) is 32.1 Å². The minimum absolute atomic E-state index is 0.00119. The van der Waals surface area contributed by atoms with Crippen molar-refractivity contribution < 1.29 is 14.3 Å². The SMILES string of the molecule is COC1CCC(NC2CC(=O)N(C3CC3)C2=O)C1. The van der Waals surface area contributed by atoms with Crippen LogP contribution in [0.5, 0.6) is 0 Å². The third-order valence-corrected chi connectivity index (χ3v) is 4.25. The maximum absolute atomic E-state index is 12.1. The molecule has 1 aliphatic heterocycles. The normalized spacial score (nSPS) is 36.7. The molecule has 18 heavy (non-hydrogen) atoms. The van der Waals surface area contributed by atoms with Crippen LogP contribution in [0.1, 0.15) is 38.5 Å².